The zero-order chi connectivity index (χ0) is 13.2. The van der Waals surface area contributed by atoms with Crippen molar-refractivity contribution in [3.8, 4) is 0 Å². The first-order valence-corrected chi connectivity index (χ1v) is 6.90. The van der Waals surface area contributed by atoms with Crippen molar-refractivity contribution >= 4 is 0 Å². The largest absolute Gasteiger partial charge is 0.309 e. The first-order valence-electron chi connectivity index (χ1n) is 6.90. The molecule has 5 nitrogen and oxygen atoms in total. The van der Waals surface area contributed by atoms with Gasteiger partial charge in [0.15, 0.2) is 0 Å². The Hall–Kier alpha value is -0.940. The van der Waals surface area contributed by atoms with Crippen molar-refractivity contribution in [3.05, 3.63) is 11.9 Å². The molecule has 0 spiro atoms. The molecule has 18 heavy (non-hydrogen) atoms. The Morgan fingerprint density at radius 1 is 1.50 bits per heavy atom. The van der Waals surface area contributed by atoms with Crippen LogP contribution in [-0.4, -0.2) is 44.6 Å². The molecule has 0 aromatic carbocycles. The molecule has 1 aromatic heterocycles. The van der Waals surface area contributed by atoms with E-state index in [2.05, 4.69) is 41.3 Å². The third kappa shape index (κ3) is 2.90. The van der Waals surface area contributed by atoms with Crippen LogP contribution in [-0.2, 0) is 13.6 Å². The molecule has 1 aromatic rings. The lowest BCUT2D eigenvalue weighted by Crippen LogP contribution is -2.62. The molecule has 1 aliphatic rings. The summed E-state index contributed by atoms with van der Waals surface area (Å²) in [6.45, 7) is 9.87. The number of hydrogen-bond donors (Lipinski definition) is 1. The second-order valence-electron chi connectivity index (χ2n) is 5.65. The molecule has 2 rings (SSSR count). The van der Waals surface area contributed by atoms with Crippen LogP contribution in [0.5, 0.6) is 0 Å². The van der Waals surface area contributed by atoms with Crippen molar-refractivity contribution < 1.29 is 0 Å². The molecule has 2 unspecified atom stereocenters. The van der Waals surface area contributed by atoms with E-state index in [-0.39, 0.29) is 5.54 Å². The Balaban J connectivity index is 2.06. The SMILES string of the molecule is CCC1CNC(C)(CC)CN1Cc1cn(C)nn1. The van der Waals surface area contributed by atoms with Crippen LogP contribution in [0.2, 0.25) is 0 Å². The third-order valence-electron chi connectivity index (χ3n) is 4.10. The lowest BCUT2D eigenvalue weighted by atomic mass is 9.92. The van der Waals surface area contributed by atoms with Gasteiger partial charge < -0.3 is 5.32 Å². The van der Waals surface area contributed by atoms with Crippen LogP contribution in [0.25, 0.3) is 0 Å². The minimum Gasteiger partial charge on any atom is -0.309 e. The highest BCUT2D eigenvalue weighted by Crippen LogP contribution is 2.21. The Kier molecular flexibility index (Phi) is 4.02. The summed E-state index contributed by atoms with van der Waals surface area (Å²) >= 11 is 0. The number of rotatable bonds is 4. The van der Waals surface area contributed by atoms with Gasteiger partial charge in [-0.1, -0.05) is 19.1 Å². The molecule has 0 saturated carbocycles. The van der Waals surface area contributed by atoms with E-state index in [0.29, 0.717) is 6.04 Å². The van der Waals surface area contributed by atoms with Crippen LogP contribution >= 0.6 is 0 Å². The van der Waals surface area contributed by atoms with Gasteiger partial charge in [-0.2, -0.15) is 0 Å². The summed E-state index contributed by atoms with van der Waals surface area (Å²) in [5, 5.41) is 11.9. The molecular formula is C13H25N5. The normalized spacial score (nSPS) is 29.7. The summed E-state index contributed by atoms with van der Waals surface area (Å²) in [6, 6.07) is 0.603. The summed E-state index contributed by atoms with van der Waals surface area (Å²) in [7, 11) is 1.92. The molecule has 2 atom stereocenters. The van der Waals surface area contributed by atoms with Gasteiger partial charge >= 0.3 is 0 Å². The molecule has 0 radical (unpaired) electrons. The highest BCUT2D eigenvalue weighted by Gasteiger charge is 2.33. The first-order chi connectivity index (χ1) is 8.56. The average molecular weight is 251 g/mol. The maximum Gasteiger partial charge on any atom is 0.0967 e. The van der Waals surface area contributed by atoms with Gasteiger partial charge in [-0.15, -0.1) is 5.10 Å². The number of aromatic nitrogens is 3. The van der Waals surface area contributed by atoms with Crippen LogP contribution in [0.1, 0.15) is 39.3 Å². The maximum absolute atomic E-state index is 4.20. The van der Waals surface area contributed by atoms with Gasteiger partial charge in [-0.3, -0.25) is 9.58 Å². The average Bonchev–Trinajstić information content (AvgIpc) is 2.75. The highest BCUT2D eigenvalue weighted by molar-refractivity contribution is 4.99. The molecular weight excluding hydrogens is 226 g/mol. The molecule has 0 aliphatic carbocycles. The molecule has 1 N–H and O–H groups in total. The fraction of sp³-hybridized carbons (Fsp3) is 0.846. The fourth-order valence-electron chi connectivity index (χ4n) is 2.63. The predicted molar refractivity (Wildman–Crippen MR) is 72.2 cm³/mol. The number of nitrogens with zero attached hydrogens (tertiary/aromatic N) is 4. The topological polar surface area (TPSA) is 46.0 Å². The van der Waals surface area contributed by atoms with Gasteiger partial charge in [0.05, 0.1) is 5.69 Å². The highest BCUT2D eigenvalue weighted by atomic mass is 15.4. The second kappa shape index (κ2) is 5.36. The van der Waals surface area contributed by atoms with E-state index in [4.69, 9.17) is 0 Å². The Labute approximate surface area is 110 Å². The summed E-state index contributed by atoms with van der Waals surface area (Å²) in [6.07, 6.45) is 4.34. The quantitative estimate of drug-likeness (QED) is 0.872. The van der Waals surface area contributed by atoms with Crippen molar-refractivity contribution in [2.75, 3.05) is 13.1 Å². The van der Waals surface area contributed by atoms with Crippen molar-refractivity contribution in [1.82, 2.24) is 25.2 Å². The van der Waals surface area contributed by atoms with Gasteiger partial charge in [-0.05, 0) is 19.8 Å². The number of piperazine rings is 1. The number of hydrogen-bond acceptors (Lipinski definition) is 4. The molecule has 102 valence electrons. The van der Waals surface area contributed by atoms with Crippen LogP contribution in [0, 0.1) is 0 Å². The standard InChI is InChI=1S/C13H25N5/c1-5-12-7-14-13(3,6-2)10-18(12)9-11-8-17(4)16-15-11/h8,12,14H,5-7,9-10H2,1-4H3. The smallest absolute Gasteiger partial charge is 0.0967 e. The third-order valence-corrected chi connectivity index (χ3v) is 4.10. The summed E-state index contributed by atoms with van der Waals surface area (Å²) in [5.74, 6) is 0. The van der Waals surface area contributed by atoms with E-state index in [1.54, 1.807) is 4.68 Å². The second-order valence-corrected chi connectivity index (χ2v) is 5.65. The molecule has 5 heteroatoms. The van der Waals surface area contributed by atoms with Crippen molar-refractivity contribution in [2.45, 2.75) is 51.7 Å². The summed E-state index contributed by atoms with van der Waals surface area (Å²) in [4.78, 5) is 2.55. The fourth-order valence-corrected chi connectivity index (χ4v) is 2.63. The Morgan fingerprint density at radius 3 is 2.83 bits per heavy atom. The number of nitrogens with one attached hydrogen (secondary N) is 1. The van der Waals surface area contributed by atoms with E-state index in [1.807, 2.05) is 13.2 Å². The van der Waals surface area contributed by atoms with Gasteiger partial charge in [0.1, 0.15) is 0 Å². The molecule has 0 amide bonds. The van der Waals surface area contributed by atoms with E-state index in [9.17, 15) is 0 Å². The molecule has 1 aliphatic heterocycles. The zero-order valence-electron chi connectivity index (χ0n) is 12.0. The maximum atomic E-state index is 4.20. The minimum absolute atomic E-state index is 0.230. The lowest BCUT2D eigenvalue weighted by Gasteiger charge is -2.45. The van der Waals surface area contributed by atoms with Gasteiger partial charge in [0, 0.05) is 44.5 Å². The van der Waals surface area contributed by atoms with Gasteiger partial charge in [0.25, 0.3) is 0 Å². The van der Waals surface area contributed by atoms with E-state index < -0.39 is 0 Å². The number of aryl methyl sites for hydroxylation is 1. The molecule has 1 saturated heterocycles. The van der Waals surface area contributed by atoms with Crippen molar-refractivity contribution in [3.63, 3.8) is 0 Å². The summed E-state index contributed by atoms with van der Waals surface area (Å²) in [5.41, 5.74) is 1.30. The Morgan fingerprint density at radius 2 is 2.28 bits per heavy atom. The van der Waals surface area contributed by atoms with Crippen LogP contribution in [0.3, 0.4) is 0 Å². The molecule has 0 bridgehead atoms. The van der Waals surface area contributed by atoms with Crippen molar-refractivity contribution in [1.29, 1.82) is 0 Å². The van der Waals surface area contributed by atoms with Crippen molar-refractivity contribution in [2.24, 2.45) is 7.05 Å². The minimum atomic E-state index is 0.230. The monoisotopic (exact) mass is 251 g/mol. The molecule has 2 heterocycles. The lowest BCUT2D eigenvalue weighted by molar-refractivity contribution is 0.0744. The van der Waals surface area contributed by atoms with Crippen LogP contribution in [0.4, 0.5) is 0 Å². The molecule has 1 fully saturated rings. The van der Waals surface area contributed by atoms with Gasteiger partial charge in [-0.25, -0.2) is 0 Å². The van der Waals surface area contributed by atoms with Gasteiger partial charge in [0.2, 0.25) is 0 Å². The van der Waals surface area contributed by atoms with Crippen LogP contribution < -0.4 is 5.32 Å². The van der Waals surface area contributed by atoms with E-state index >= 15 is 0 Å². The van der Waals surface area contributed by atoms with E-state index in [1.165, 1.54) is 6.42 Å². The summed E-state index contributed by atoms with van der Waals surface area (Å²) < 4.78 is 1.78. The Bertz CT molecular complexity index is 388. The predicted octanol–water partition coefficient (Wildman–Crippen LogP) is 1.17. The van der Waals surface area contributed by atoms with E-state index in [0.717, 1.165) is 31.7 Å². The van der Waals surface area contributed by atoms with Crippen LogP contribution in [0.15, 0.2) is 6.20 Å². The first kappa shape index (κ1) is 13.5. The zero-order valence-corrected chi connectivity index (χ0v) is 12.0.